The fourth-order valence-electron chi connectivity index (χ4n) is 10.3. The van der Waals surface area contributed by atoms with Crippen molar-refractivity contribution >= 4 is 19.8 Å². The van der Waals surface area contributed by atoms with E-state index < -0.39 is 13.7 Å². The third kappa shape index (κ3) is 5.91. The topological polar surface area (TPSA) is 47.9 Å². The van der Waals surface area contributed by atoms with E-state index in [4.69, 9.17) is 14.2 Å². The number of hydrogen-bond acceptors (Lipinski definition) is 5. The molecule has 0 radical (unpaired) electrons. The van der Waals surface area contributed by atoms with Crippen LogP contribution >= 0.6 is 11.8 Å². The number of thioether (sulfide) groups is 1. The number of rotatable bonds is 8. The normalized spacial score (nSPS) is 37.2. The average Bonchev–Trinajstić information content (AvgIpc) is 3.34. The van der Waals surface area contributed by atoms with Gasteiger partial charge in [0.25, 0.3) is 0 Å². The number of fused-ring (bicyclic) bond motifs is 5. The Balaban J connectivity index is 1.23. The van der Waals surface area contributed by atoms with E-state index in [2.05, 4.69) is 76.0 Å². The monoisotopic (exact) mass is 624 g/mol. The lowest BCUT2D eigenvalue weighted by molar-refractivity contribution is -0.281. The highest BCUT2D eigenvalue weighted by molar-refractivity contribution is 8.05. The smallest absolute Gasteiger partial charge is 0.171 e. The molecule has 6 heteroatoms. The second-order valence-electron chi connectivity index (χ2n) is 16.0. The van der Waals surface area contributed by atoms with Crippen LogP contribution in [0.2, 0.25) is 19.6 Å². The van der Waals surface area contributed by atoms with Crippen LogP contribution in [0.15, 0.2) is 57.5 Å². The summed E-state index contributed by atoms with van der Waals surface area (Å²) in [5.41, 5.74) is 1.15. The molecule has 1 aromatic rings. The van der Waals surface area contributed by atoms with E-state index in [0.717, 1.165) is 44.8 Å². The highest BCUT2D eigenvalue weighted by Crippen LogP contribution is 2.68. The van der Waals surface area contributed by atoms with E-state index in [1.54, 1.807) is 12.7 Å². The summed E-state index contributed by atoms with van der Waals surface area (Å²) in [4.78, 5) is 1.28. The van der Waals surface area contributed by atoms with Crippen molar-refractivity contribution in [1.82, 2.24) is 0 Å². The van der Waals surface area contributed by atoms with Crippen molar-refractivity contribution in [3.8, 4) is 0 Å². The van der Waals surface area contributed by atoms with Crippen molar-refractivity contribution in [2.45, 2.75) is 114 Å². The first-order valence-electron chi connectivity index (χ1n) is 17.0. The number of allylic oxidation sites excluding steroid dienone is 1. The van der Waals surface area contributed by atoms with Crippen LogP contribution in [-0.2, 0) is 14.2 Å². The van der Waals surface area contributed by atoms with Gasteiger partial charge < -0.3 is 19.3 Å². The Kier molecular flexibility index (Phi) is 8.98. The molecule has 1 aliphatic heterocycles. The van der Waals surface area contributed by atoms with Crippen molar-refractivity contribution in [2.75, 3.05) is 26.9 Å². The van der Waals surface area contributed by atoms with Crippen molar-refractivity contribution in [3.63, 3.8) is 0 Å². The molecule has 6 rings (SSSR count). The average molecular weight is 625 g/mol. The predicted octanol–water partition coefficient (Wildman–Crippen LogP) is 9.02. The molecule has 5 aliphatic rings. The van der Waals surface area contributed by atoms with Gasteiger partial charge in [0.1, 0.15) is 0 Å². The first-order chi connectivity index (χ1) is 20.4. The molecule has 238 valence electrons. The molecule has 1 heterocycles. The molecular weight excluding hydrogens is 569 g/mol. The summed E-state index contributed by atoms with van der Waals surface area (Å²) in [6, 6.07) is 10.7. The van der Waals surface area contributed by atoms with Crippen LogP contribution in [0.4, 0.5) is 0 Å². The molecule has 1 aromatic carbocycles. The Morgan fingerprint density at radius 1 is 1.05 bits per heavy atom. The third-order valence-electron chi connectivity index (χ3n) is 12.5. The van der Waals surface area contributed by atoms with Crippen molar-refractivity contribution in [2.24, 2.45) is 34.5 Å². The zero-order chi connectivity index (χ0) is 30.5. The standard InChI is InChI=1S/C37H56O4SSi/c1-34-21-22-37(40-23-10-24-41-37)25-27(34)13-14-29-30-15-16-32(35(30,2)19-17-31(29)34)36(38,26-39-3)20-18-33(43(4,5)6)42-28-11-8-7-9-12-28/h7-9,11-13,18,29-32,38H,10,14-17,19-26H2,1-6H3/b33-18+/t29-,30-,31-,32-,34-,35-,36+/m0/s1. The Morgan fingerprint density at radius 3 is 2.49 bits per heavy atom. The molecule has 0 aromatic heterocycles. The van der Waals surface area contributed by atoms with E-state index in [-0.39, 0.29) is 22.5 Å². The van der Waals surface area contributed by atoms with Gasteiger partial charge in [-0.25, -0.2) is 0 Å². The van der Waals surface area contributed by atoms with Gasteiger partial charge in [-0.3, -0.25) is 0 Å². The van der Waals surface area contributed by atoms with Crippen LogP contribution in [0.25, 0.3) is 0 Å². The molecule has 4 aliphatic carbocycles. The molecule has 4 nitrogen and oxygen atoms in total. The van der Waals surface area contributed by atoms with E-state index in [9.17, 15) is 5.11 Å². The summed E-state index contributed by atoms with van der Waals surface area (Å²) >= 11 is 1.90. The maximum atomic E-state index is 12.6. The van der Waals surface area contributed by atoms with Crippen LogP contribution in [0.3, 0.4) is 0 Å². The largest absolute Gasteiger partial charge is 0.387 e. The van der Waals surface area contributed by atoms with Gasteiger partial charge in [-0.1, -0.05) is 81.2 Å². The Morgan fingerprint density at radius 2 is 1.79 bits per heavy atom. The second kappa shape index (κ2) is 12.0. The first-order valence-corrected chi connectivity index (χ1v) is 21.4. The summed E-state index contributed by atoms with van der Waals surface area (Å²) < 4.78 is 19.8. The minimum atomic E-state index is -1.60. The fourth-order valence-corrected chi connectivity index (χ4v) is 13.3. The molecule has 1 spiro atoms. The van der Waals surface area contributed by atoms with Crippen LogP contribution in [0.5, 0.6) is 0 Å². The van der Waals surface area contributed by atoms with Gasteiger partial charge in [0.15, 0.2) is 5.79 Å². The van der Waals surface area contributed by atoms with Gasteiger partial charge in [0.05, 0.1) is 33.5 Å². The van der Waals surface area contributed by atoms with Gasteiger partial charge in [-0.15, -0.1) is 0 Å². The number of hydrogen-bond donors (Lipinski definition) is 1. The van der Waals surface area contributed by atoms with E-state index in [1.807, 2.05) is 11.8 Å². The fraction of sp³-hybridized carbons (Fsp3) is 0.730. The summed E-state index contributed by atoms with van der Waals surface area (Å²) in [6.07, 6.45) is 15.8. The molecule has 43 heavy (non-hydrogen) atoms. The van der Waals surface area contributed by atoms with Gasteiger partial charge >= 0.3 is 0 Å². The molecule has 0 bridgehead atoms. The number of aliphatic hydroxyl groups is 1. The molecule has 1 saturated heterocycles. The van der Waals surface area contributed by atoms with E-state index in [0.29, 0.717) is 24.9 Å². The van der Waals surface area contributed by atoms with Gasteiger partial charge in [-0.2, -0.15) is 0 Å². The Bertz CT molecular complexity index is 1200. The van der Waals surface area contributed by atoms with Gasteiger partial charge in [-0.05, 0) is 103 Å². The lowest BCUT2D eigenvalue weighted by Gasteiger charge is -2.60. The van der Waals surface area contributed by atoms with Crippen molar-refractivity contribution in [3.05, 3.63) is 52.6 Å². The van der Waals surface area contributed by atoms with Crippen molar-refractivity contribution < 1.29 is 19.3 Å². The molecule has 3 saturated carbocycles. The summed E-state index contributed by atoms with van der Waals surface area (Å²) in [6.45, 7) is 14.4. The maximum absolute atomic E-state index is 12.6. The minimum Gasteiger partial charge on any atom is -0.387 e. The first kappa shape index (κ1) is 32.1. The lowest BCUT2D eigenvalue weighted by Crippen LogP contribution is -2.56. The minimum absolute atomic E-state index is 0.140. The molecule has 4 fully saturated rings. The van der Waals surface area contributed by atoms with Crippen LogP contribution in [0, 0.1) is 34.5 Å². The van der Waals surface area contributed by atoms with Crippen LogP contribution in [0.1, 0.15) is 78.1 Å². The predicted molar refractivity (Wildman–Crippen MR) is 180 cm³/mol. The van der Waals surface area contributed by atoms with Crippen molar-refractivity contribution in [1.29, 1.82) is 0 Å². The summed E-state index contributed by atoms with van der Waals surface area (Å²) in [5.74, 6) is 1.97. The summed E-state index contributed by atoms with van der Waals surface area (Å²) in [7, 11) is 0.166. The highest BCUT2D eigenvalue weighted by atomic mass is 32.2. The number of methoxy groups -OCH3 is 1. The molecular formula is C37H56O4SSi. The van der Waals surface area contributed by atoms with Crippen LogP contribution in [-0.4, -0.2) is 51.5 Å². The SMILES string of the molecule is COC[C@](O)(C/C=C(\Sc1ccccc1)[Si](C)(C)C)[C@H]1CC[C@H]2[C@@H]3CC=C4CC5(CC[C@]4(C)[C@H]3CC[C@]12C)OCCCO5. The zero-order valence-corrected chi connectivity index (χ0v) is 29.4. The van der Waals surface area contributed by atoms with E-state index >= 15 is 0 Å². The third-order valence-corrected chi connectivity index (χ3v) is 17.2. The molecule has 0 unspecified atom stereocenters. The highest BCUT2D eigenvalue weighted by Gasteiger charge is 2.63. The maximum Gasteiger partial charge on any atom is 0.171 e. The van der Waals surface area contributed by atoms with Gasteiger partial charge in [0, 0.05) is 24.8 Å². The molecule has 0 amide bonds. The quantitative estimate of drug-likeness (QED) is 0.178. The Labute approximate surface area is 266 Å². The van der Waals surface area contributed by atoms with Crippen LogP contribution < -0.4 is 0 Å². The molecule has 1 N–H and O–H groups in total. The number of benzene rings is 1. The lowest BCUT2D eigenvalue weighted by atomic mass is 9.46. The zero-order valence-electron chi connectivity index (χ0n) is 27.6. The Hall–Kier alpha value is -0.893. The molecule has 7 atom stereocenters. The number of ether oxygens (including phenoxy) is 3. The van der Waals surface area contributed by atoms with E-state index in [1.165, 1.54) is 41.5 Å². The second-order valence-corrected chi connectivity index (χ2v) is 22.6. The summed E-state index contributed by atoms with van der Waals surface area (Å²) in [5, 5.41) is 12.6. The van der Waals surface area contributed by atoms with Gasteiger partial charge in [0.2, 0.25) is 0 Å².